The van der Waals surface area contributed by atoms with Gasteiger partial charge in [-0.3, -0.25) is 0 Å². The highest BCUT2D eigenvalue weighted by Crippen LogP contribution is 2.21. The van der Waals surface area contributed by atoms with E-state index in [1.54, 1.807) is 6.08 Å². The molecular weight excluding hydrogens is 504 g/mol. The second-order valence-corrected chi connectivity index (χ2v) is 10.7. The molecule has 2 atom stereocenters. The lowest BCUT2D eigenvalue weighted by Gasteiger charge is -2.11. The molecule has 0 fully saturated rings. The average molecular weight is 564 g/mol. The zero-order chi connectivity index (χ0) is 29.1. The molecule has 0 aliphatic heterocycles. The van der Waals surface area contributed by atoms with Crippen molar-refractivity contribution in [1.82, 2.24) is 0 Å². The van der Waals surface area contributed by atoms with Gasteiger partial charge in [-0.25, -0.2) is 0 Å². The summed E-state index contributed by atoms with van der Waals surface area (Å²) in [7, 11) is 0. The Labute approximate surface area is 235 Å². The van der Waals surface area contributed by atoms with Gasteiger partial charge in [-0.2, -0.15) is 0 Å². The molecule has 0 heterocycles. The van der Waals surface area contributed by atoms with Gasteiger partial charge in [-0.05, 0) is 90.0 Å². The third-order valence-electron chi connectivity index (χ3n) is 5.32. The van der Waals surface area contributed by atoms with E-state index in [4.69, 9.17) is 0 Å². The normalized spacial score (nSPS) is 11.9. The van der Waals surface area contributed by atoms with Gasteiger partial charge in [-0.1, -0.05) is 124 Å². The van der Waals surface area contributed by atoms with Crippen molar-refractivity contribution in [1.29, 1.82) is 0 Å². The second-order valence-electron chi connectivity index (χ2n) is 9.75. The average Bonchev–Trinajstić information content (AvgIpc) is 2.82. The third kappa shape index (κ3) is 36.9. The lowest BCUT2D eigenvalue weighted by Crippen LogP contribution is -1.97. The topological polar surface area (TPSA) is 17.1 Å². The van der Waals surface area contributed by atoms with Crippen molar-refractivity contribution in [2.45, 2.75) is 115 Å². The first-order chi connectivity index (χ1) is 16.7. The van der Waals surface area contributed by atoms with Gasteiger partial charge in [-0.15, -0.1) is 6.58 Å². The van der Waals surface area contributed by atoms with Gasteiger partial charge in [0.15, 0.2) is 0 Å². The molecular formula is C34H59BrO. The Bertz CT molecular complexity index is 692. The molecule has 0 aliphatic rings. The zero-order valence-electron chi connectivity index (χ0n) is 25.9. The van der Waals surface area contributed by atoms with Crippen molar-refractivity contribution in [2.75, 3.05) is 0 Å². The van der Waals surface area contributed by atoms with E-state index in [9.17, 15) is 4.79 Å². The number of hydrogen-bond acceptors (Lipinski definition) is 1. The SMILES string of the molecule is C=C(C)C.C=C/C=C\C.CC(C)=O.CC/C(C)=C(/C)c1ccc(Br)cc1.CCC(C)CCC(C)CC. The fraction of sp³-hybridized carbons (Fsp3) is 0.559. The maximum absolute atomic E-state index is 9.44. The molecule has 1 aromatic rings. The minimum Gasteiger partial charge on any atom is -0.300 e. The summed E-state index contributed by atoms with van der Waals surface area (Å²) >= 11 is 3.43. The monoisotopic (exact) mass is 562 g/mol. The molecule has 2 heteroatoms. The van der Waals surface area contributed by atoms with E-state index in [0.29, 0.717) is 0 Å². The standard InChI is InChI=1S/C12H15Br.C10H22.C5H8.C4H8.C3H6O/c1-4-9(2)10(3)11-5-7-12(13)8-6-11;1-5-9(3)7-8-10(4)6-2;1-3-5-4-2;1-4(2)3;1-3(2)4/h5-8H,4H2,1-3H3;9-10H,5-8H2,1-4H3;3-5H,1H2,2H3;1H2,2-3H3;1-2H3/b10-9-;;5-4-;;. The van der Waals surface area contributed by atoms with E-state index >= 15 is 0 Å². The number of carbonyl (C=O) groups excluding carboxylic acids is 1. The third-order valence-corrected chi connectivity index (χ3v) is 5.85. The van der Waals surface area contributed by atoms with Crippen LogP contribution in [0.5, 0.6) is 0 Å². The molecule has 1 aromatic carbocycles. The summed E-state index contributed by atoms with van der Waals surface area (Å²) in [6.07, 6.45) is 12.2. The van der Waals surface area contributed by atoms with Crippen molar-refractivity contribution in [2.24, 2.45) is 11.8 Å². The van der Waals surface area contributed by atoms with E-state index in [0.717, 1.165) is 22.7 Å². The predicted molar refractivity (Wildman–Crippen MR) is 173 cm³/mol. The van der Waals surface area contributed by atoms with E-state index < -0.39 is 0 Å². The summed E-state index contributed by atoms with van der Waals surface area (Å²) in [6, 6.07) is 8.47. The van der Waals surface area contributed by atoms with Crippen molar-refractivity contribution in [3.63, 3.8) is 0 Å². The summed E-state index contributed by atoms with van der Waals surface area (Å²) in [5, 5.41) is 0. The van der Waals surface area contributed by atoms with Gasteiger partial charge in [0.2, 0.25) is 0 Å². The quantitative estimate of drug-likeness (QED) is 0.227. The number of hydrogen-bond donors (Lipinski definition) is 0. The number of allylic oxidation sites excluding steroid dienone is 6. The fourth-order valence-corrected chi connectivity index (χ4v) is 2.59. The fourth-order valence-electron chi connectivity index (χ4n) is 2.32. The van der Waals surface area contributed by atoms with Gasteiger partial charge in [0, 0.05) is 4.47 Å². The van der Waals surface area contributed by atoms with Gasteiger partial charge in [0.25, 0.3) is 0 Å². The van der Waals surface area contributed by atoms with Crippen LogP contribution in [0.25, 0.3) is 5.57 Å². The molecule has 0 amide bonds. The van der Waals surface area contributed by atoms with Crippen LogP contribution in [0.15, 0.2) is 71.3 Å². The van der Waals surface area contributed by atoms with Crippen LogP contribution in [-0.4, -0.2) is 5.78 Å². The molecule has 0 saturated carbocycles. The molecule has 1 rings (SSSR count). The highest BCUT2D eigenvalue weighted by atomic mass is 79.9. The number of Topliss-reactive ketones (excluding diaryl/α,β-unsaturated/α-hetero) is 1. The van der Waals surface area contributed by atoms with Crippen molar-refractivity contribution in [3.8, 4) is 0 Å². The van der Waals surface area contributed by atoms with Crippen LogP contribution >= 0.6 is 15.9 Å². The summed E-state index contributed by atoms with van der Waals surface area (Å²) in [6.45, 7) is 31.8. The highest BCUT2D eigenvalue weighted by Gasteiger charge is 2.02. The number of ketones is 1. The number of rotatable bonds is 8. The summed E-state index contributed by atoms with van der Waals surface area (Å²) in [5.74, 6) is 2.04. The van der Waals surface area contributed by atoms with Crippen LogP contribution < -0.4 is 0 Å². The highest BCUT2D eigenvalue weighted by molar-refractivity contribution is 9.10. The van der Waals surface area contributed by atoms with Crippen LogP contribution in [0, 0.1) is 11.8 Å². The Morgan fingerprint density at radius 2 is 1.25 bits per heavy atom. The largest absolute Gasteiger partial charge is 0.300 e. The van der Waals surface area contributed by atoms with Crippen LogP contribution in [0.2, 0.25) is 0 Å². The predicted octanol–water partition coefficient (Wildman–Crippen LogP) is 12.4. The van der Waals surface area contributed by atoms with E-state index in [-0.39, 0.29) is 5.78 Å². The first-order valence-corrected chi connectivity index (χ1v) is 14.3. The summed E-state index contributed by atoms with van der Waals surface area (Å²) in [5.41, 5.74) is 5.35. The van der Waals surface area contributed by atoms with Crippen LogP contribution in [-0.2, 0) is 4.79 Å². The molecule has 0 N–H and O–H groups in total. The molecule has 0 aromatic heterocycles. The Kier molecular flexibility index (Phi) is 34.0. The van der Waals surface area contributed by atoms with Crippen molar-refractivity contribution >= 4 is 27.3 Å². The number of carbonyl (C=O) groups is 1. The molecule has 0 spiro atoms. The molecule has 2 unspecified atom stereocenters. The molecule has 0 radical (unpaired) electrons. The first kappa shape index (κ1) is 41.5. The minimum atomic E-state index is 0.167. The molecule has 1 nitrogen and oxygen atoms in total. The van der Waals surface area contributed by atoms with Crippen LogP contribution in [0.1, 0.15) is 121 Å². The number of benzene rings is 1. The molecule has 0 aliphatic carbocycles. The molecule has 36 heavy (non-hydrogen) atoms. The maximum atomic E-state index is 9.44. The van der Waals surface area contributed by atoms with Crippen LogP contribution in [0.4, 0.5) is 0 Å². The Morgan fingerprint density at radius 1 is 0.889 bits per heavy atom. The van der Waals surface area contributed by atoms with Gasteiger partial charge in [0.05, 0.1) is 0 Å². The first-order valence-electron chi connectivity index (χ1n) is 13.5. The number of halogens is 1. The minimum absolute atomic E-state index is 0.167. The second kappa shape index (κ2) is 29.6. The van der Waals surface area contributed by atoms with Crippen molar-refractivity contribution < 1.29 is 4.79 Å². The molecule has 208 valence electrons. The van der Waals surface area contributed by atoms with Gasteiger partial charge in [0.1, 0.15) is 5.78 Å². The van der Waals surface area contributed by atoms with E-state index in [2.05, 4.69) is 102 Å². The Morgan fingerprint density at radius 3 is 1.47 bits per heavy atom. The lowest BCUT2D eigenvalue weighted by atomic mass is 9.95. The van der Waals surface area contributed by atoms with Crippen molar-refractivity contribution in [3.05, 3.63) is 76.8 Å². The summed E-state index contributed by atoms with van der Waals surface area (Å²) in [4.78, 5) is 9.44. The lowest BCUT2D eigenvalue weighted by molar-refractivity contribution is -0.114. The smallest absolute Gasteiger partial charge is 0.126 e. The molecule has 0 bridgehead atoms. The summed E-state index contributed by atoms with van der Waals surface area (Å²) < 4.78 is 1.14. The Hall–Kier alpha value is -1.67. The zero-order valence-corrected chi connectivity index (χ0v) is 27.5. The Balaban J connectivity index is -0.000000196. The van der Waals surface area contributed by atoms with Crippen LogP contribution in [0.3, 0.4) is 0 Å². The maximum Gasteiger partial charge on any atom is 0.126 e. The van der Waals surface area contributed by atoms with Gasteiger partial charge >= 0.3 is 0 Å². The van der Waals surface area contributed by atoms with Gasteiger partial charge < -0.3 is 4.79 Å². The van der Waals surface area contributed by atoms with E-state index in [1.807, 2.05) is 32.9 Å². The van der Waals surface area contributed by atoms with E-state index in [1.165, 1.54) is 61.8 Å². The molecule has 0 saturated heterocycles.